The van der Waals surface area contributed by atoms with E-state index >= 15 is 0 Å². The monoisotopic (exact) mass is 349 g/mol. The van der Waals surface area contributed by atoms with Crippen molar-refractivity contribution < 1.29 is 13.2 Å². The highest BCUT2D eigenvalue weighted by atomic mass is 32.2. The number of hydrogen-bond acceptors (Lipinski definition) is 4. The summed E-state index contributed by atoms with van der Waals surface area (Å²) in [7, 11) is -3.65. The summed E-state index contributed by atoms with van der Waals surface area (Å²) in [5.41, 5.74) is 0.0280. The summed E-state index contributed by atoms with van der Waals surface area (Å²) in [5, 5.41) is 6.20. The van der Waals surface area contributed by atoms with Gasteiger partial charge in [-0.15, -0.1) is 0 Å². The van der Waals surface area contributed by atoms with Crippen molar-refractivity contribution in [1.82, 2.24) is 15.4 Å². The predicted octanol–water partition coefficient (Wildman–Crippen LogP) is 0.999. The van der Waals surface area contributed by atoms with Crippen LogP contribution in [-0.2, 0) is 10.0 Å². The van der Waals surface area contributed by atoms with Crippen molar-refractivity contribution in [2.45, 2.75) is 48.6 Å². The number of sulfonamides is 1. The first kappa shape index (κ1) is 16.1. The number of fused-ring (bicyclic) bond motifs is 1. The number of rotatable bonds is 5. The van der Waals surface area contributed by atoms with E-state index in [4.69, 9.17) is 0 Å². The molecule has 3 N–H and O–H groups in total. The van der Waals surface area contributed by atoms with Crippen LogP contribution in [0.15, 0.2) is 29.2 Å². The first-order chi connectivity index (χ1) is 11.5. The second-order valence-corrected chi connectivity index (χ2v) is 8.94. The molecule has 1 heterocycles. The zero-order valence-electron chi connectivity index (χ0n) is 13.5. The molecular formula is C17H23N3O3S. The van der Waals surface area contributed by atoms with Crippen LogP contribution in [0.2, 0.25) is 0 Å². The number of carbonyl (C=O) groups is 1. The highest BCUT2D eigenvalue weighted by molar-refractivity contribution is 7.89. The maximum absolute atomic E-state index is 12.9. The summed E-state index contributed by atoms with van der Waals surface area (Å²) in [4.78, 5) is 12.3. The Morgan fingerprint density at radius 1 is 1.25 bits per heavy atom. The van der Waals surface area contributed by atoms with Crippen LogP contribution >= 0.6 is 0 Å². The lowest BCUT2D eigenvalue weighted by Gasteiger charge is -2.29. The summed E-state index contributed by atoms with van der Waals surface area (Å²) in [6.07, 6.45) is 4.98. The van der Waals surface area contributed by atoms with Gasteiger partial charge < -0.3 is 10.6 Å². The SMILES string of the molecule is O=C(NC1CC1)c1cccc(S(=O)(=O)N[C@]23CCC[C@H]2CNC3)c1. The largest absolute Gasteiger partial charge is 0.349 e. The molecule has 0 aromatic heterocycles. The van der Waals surface area contributed by atoms with E-state index in [9.17, 15) is 13.2 Å². The third kappa shape index (κ3) is 2.96. The van der Waals surface area contributed by atoms with Crippen molar-refractivity contribution in [3.8, 4) is 0 Å². The fraction of sp³-hybridized carbons (Fsp3) is 0.588. The van der Waals surface area contributed by atoms with Crippen molar-refractivity contribution in [3.63, 3.8) is 0 Å². The van der Waals surface area contributed by atoms with Crippen LogP contribution in [-0.4, -0.2) is 39.0 Å². The van der Waals surface area contributed by atoms with Crippen LogP contribution in [0, 0.1) is 5.92 Å². The second kappa shape index (κ2) is 5.82. The quantitative estimate of drug-likeness (QED) is 0.740. The summed E-state index contributed by atoms with van der Waals surface area (Å²) in [6, 6.07) is 6.57. The molecule has 3 fully saturated rings. The zero-order valence-corrected chi connectivity index (χ0v) is 14.4. The molecule has 0 radical (unpaired) electrons. The Bertz CT molecular complexity index is 748. The molecule has 3 aliphatic rings. The average Bonchev–Trinajstić information content (AvgIpc) is 3.15. The van der Waals surface area contributed by atoms with E-state index in [1.165, 1.54) is 6.07 Å². The molecule has 0 unspecified atom stereocenters. The van der Waals surface area contributed by atoms with Gasteiger partial charge in [0.15, 0.2) is 0 Å². The smallest absolute Gasteiger partial charge is 0.251 e. The summed E-state index contributed by atoms with van der Waals surface area (Å²) in [6.45, 7) is 1.55. The van der Waals surface area contributed by atoms with Crippen LogP contribution < -0.4 is 15.4 Å². The fourth-order valence-electron chi connectivity index (χ4n) is 3.94. The molecule has 1 aliphatic heterocycles. The van der Waals surface area contributed by atoms with Gasteiger partial charge in [-0.05, 0) is 56.3 Å². The number of amides is 1. The van der Waals surface area contributed by atoms with Crippen LogP contribution in [0.3, 0.4) is 0 Å². The molecule has 1 amide bonds. The predicted molar refractivity (Wildman–Crippen MR) is 90.2 cm³/mol. The van der Waals surface area contributed by atoms with E-state index < -0.39 is 10.0 Å². The van der Waals surface area contributed by atoms with Gasteiger partial charge in [0.1, 0.15) is 0 Å². The lowest BCUT2D eigenvalue weighted by atomic mass is 9.92. The van der Waals surface area contributed by atoms with Gasteiger partial charge >= 0.3 is 0 Å². The molecule has 2 atom stereocenters. The number of benzene rings is 1. The van der Waals surface area contributed by atoms with Gasteiger partial charge in [0.05, 0.1) is 4.90 Å². The standard InChI is InChI=1S/C17H23N3O3S/c21-16(19-14-6-7-14)12-3-1-5-15(9-12)24(22,23)20-17-8-2-4-13(17)10-18-11-17/h1,3,5,9,13-14,18,20H,2,4,6-8,10-11H2,(H,19,21)/t13-,17-/m0/s1. The Morgan fingerprint density at radius 3 is 2.88 bits per heavy atom. The lowest BCUT2D eigenvalue weighted by Crippen LogP contribution is -2.51. The Kier molecular flexibility index (Phi) is 3.89. The van der Waals surface area contributed by atoms with Gasteiger partial charge in [0, 0.05) is 23.7 Å². The van der Waals surface area contributed by atoms with E-state index in [2.05, 4.69) is 15.4 Å². The highest BCUT2D eigenvalue weighted by Gasteiger charge is 2.48. The van der Waals surface area contributed by atoms with E-state index in [1.807, 2.05) is 0 Å². The van der Waals surface area contributed by atoms with Crippen molar-refractivity contribution in [2.24, 2.45) is 5.92 Å². The first-order valence-corrected chi connectivity index (χ1v) is 10.1. The molecule has 1 saturated heterocycles. The molecular weight excluding hydrogens is 326 g/mol. The summed E-state index contributed by atoms with van der Waals surface area (Å²) >= 11 is 0. The Hall–Kier alpha value is -1.44. The molecule has 24 heavy (non-hydrogen) atoms. The minimum absolute atomic E-state index is 0.165. The minimum atomic E-state index is -3.65. The molecule has 0 bridgehead atoms. The van der Waals surface area contributed by atoms with Gasteiger partial charge in [0.25, 0.3) is 5.91 Å². The fourth-order valence-corrected chi connectivity index (χ4v) is 5.48. The molecule has 130 valence electrons. The Balaban J connectivity index is 1.56. The van der Waals surface area contributed by atoms with Gasteiger partial charge in [-0.2, -0.15) is 0 Å². The van der Waals surface area contributed by atoms with E-state index in [-0.39, 0.29) is 22.4 Å². The topological polar surface area (TPSA) is 87.3 Å². The van der Waals surface area contributed by atoms with Crippen LogP contribution in [0.4, 0.5) is 0 Å². The molecule has 7 heteroatoms. The van der Waals surface area contributed by atoms with E-state index in [0.29, 0.717) is 18.0 Å². The molecule has 4 rings (SSSR count). The zero-order chi connectivity index (χ0) is 16.8. The summed E-state index contributed by atoms with van der Waals surface area (Å²) < 4.78 is 28.7. The number of nitrogens with one attached hydrogen (secondary N) is 3. The van der Waals surface area contributed by atoms with Crippen LogP contribution in [0.25, 0.3) is 0 Å². The Morgan fingerprint density at radius 2 is 2.08 bits per heavy atom. The highest BCUT2D eigenvalue weighted by Crippen LogP contribution is 2.39. The van der Waals surface area contributed by atoms with Crippen molar-refractivity contribution in [3.05, 3.63) is 29.8 Å². The van der Waals surface area contributed by atoms with Gasteiger partial charge in [-0.3, -0.25) is 4.79 Å². The molecule has 2 aliphatic carbocycles. The second-order valence-electron chi connectivity index (χ2n) is 7.26. The minimum Gasteiger partial charge on any atom is -0.349 e. The molecule has 1 aromatic rings. The van der Waals surface area contributed by atoms with Crippen LogP contribution in [0.5, 0.6) is 0 Å². The third-order valence-corrected chi connectivity index (χ3v) is 6.99. The maximum atomic E-state index is 12.9. The van der Waals surface area contributed by atoms with Gasteiger partial charge in [0.2, 0.25) is 10.0 Å². The van der Waals surface area contributed by atoms with Crippen molar-refractivity contribution in [1.29, 1.82) is 0 Å². The van der Waals surface area contributed by atoms with Gasteiger partial charge in [-0.25, -0.2) is 13.1 Å². The van der Waals surface area contributed by atoms with Crippen LogP contribution in [0.1, 0.15) is 42.5 Å². The molecule has 2 saturated carbocycles. The average molecular weight is 349 g/mol. The lowest BCUT2D eigenvalue weighted by molar-refractivity contribution is 0.0951. The van der Waals surface area contributed by atoms with Gasteiger partial charge in [-0.1, -0.05) is 12.5 Å². The first-order valence-electron chi connectivity index (χ1n) is 8.64. The van der Waals surface area contributed by atoms with Crippen molar-refractivity contribution in [2.75, 3.05) is 13.1 Å². The molecule has 0 spiro atoms. The Labute approximate surface area is 142 Å². The number of hydrogen-bond donors (Lipinski definition) is 3. The molecule has 1 aromatic carbocycles. The third-order valence-electron chi connectivity index (χ3n) is 5.44. The number of carbonyl (C=O) groups excluding carboxylic acids is 1. The van der Waals surface area contributed by atoms with E-state index in [1.54, 1.807) is 18.2 Å². The maximum Gasteiger partial charge on any atom is 0.251 e. The van der Waals surface area contributed by atoms with Crippen molar-refractivity contribution >= 4 is 15.9 Å². The normalized spacial score (nSPS) is 29.4. The molecule has 6 nitrogen and oxygen atoms in total. The summed E-state index contributed by atoms with van der Waals surface area (Å²) in [5.74, 6) is 0.155. The van der Waals surface area contributed by atoms with E-state index in [0.717, 1.165) is 38.6 Å².